The molecule has 2 heteroatoms. The number of phenols is 2. The summed E-state index contributed by atoms with van der Waals surface area (Å²) in [5.41, 5.74) is 1.97. The normalized spacial score (nSPS) is 11.3. The van der Waals surface area contributed by atoms with Gasteiger partial charge in [0.2, 0.25) is 0 Å². The van der Waals surface area contributed by atoms with Gasteiger partial charge in [0.1, 0.15) is 11.5 Å². The number of rotatable bonds is 3. The predicted molar refractivity (Wildman–Crippen MR) is 74.3 cm³/mol. The molecule has 0 aliphatic heterocycles. The van der Waals surface area contributed by atoms with E-state index in [0.29, 0.717) is 0 Å². The van der Waals surface area contributed by atoms with E-state index in [1.807, 2.05) is 42.5 Å². The SMILES string of the molecule is Oc1ccc(C=CC=Cc2cccc(O)c2)cc1. The summed E-state index contributed by atoms with van der Waals surface area (Å²) in [5.74, 6) is 0.530. The Morgan fingerprint density at radius 1 is 0.667 bits per heavy atom. The fraction of sp³-hybridized carbons (Fsp3) is 0. The number of hydrogen-bond acceptors (Lipinski definition) is 2. The molecule has 0 unspecified atom stereocenters. The lowest BCUT2D eigenvalue weighted by Crippen LogP contribution is -1.71. The van der Waals surface area contributed by atoms with Crippen molar-refractivity contribution in [1.82, 2.24) is 0 Å². The molecular weight excluding hydrogens is 224 g/mol. The van der Waals surface area contributed by atoms with Crippen LogP contribution in [-0.2, 0) is 0 Å². The molecule has 0 bridgehead atoms. The van der Waals surface area contributed by atoms with Crippen molar-refractivity contribution < 1.29 is 10.2 Å². The fourth-order valence-corrected chi connectivity index (χ4v) is 1.55. The van der Waals surface area contributed by atoms with Crippen LogP contribution in [0.1, 0.15) is 11.1 Å². The largest absolute Gasteiger partial charge is 0.508 e. The van der Waals surface area contributed by atoms with Gasteiger partial charge in [-0.15, -0.1) is 0 Å². The first kappa shape index (κ1) is 12.0. The molecule has 90 valence electrons. The van der Waals surface area contributed by atoms with Crippen molar-refractivity contribution in [2.75, 3.05) is 0 Å². The van der Waals surface area contributed by atoms with Crippen molar-refractivity contribution in [3.63, 3.8) is 0 Å². The van der Waals surface area contributed by atoms with E-state index in [1.54, 1.807) is 30.3 Å². The third kappa shape index (κ3) is 3.52. The Hall–Kier alpha value is -2.48. The Bertz CT molecular complexity index is 566. The summed E-state index contributed by atoms with van der Waals surface area (Å²) in [6, 6.07) is 14.1. The molecule has 0 amide bonds. The van der Waals surface area contributed by atoms with E-state index in [9.17, 15) is 5.11 Å². The maximum atomic E-state index is 9.30. The average Bonchev–Trinajstić information content (AvgIpc) is 2.37. The molecule has 18 heavy (non-hydrogen) atoms. The monoisotopic (exact) mass is 238 g/mol. The highest BCUT2D eigenvalue weighted by atomic mass is 16.3. The molecule has 0 fully saturated rings. The molecule has 0 aliphatic rings. The zero-order valence-electron chi connectivity index (χ0n) is 9.82. The zero-order chi connectivity index (χ0) is 12.8. The Morgan fingerprint density at radius 2 is 1.33 bits per heavy atom. The van der Waals surface area contributed by atoms with Crippen molar-refractivity contribution >= 4 is 12.2 Å². The topological polar surface area (TPSA) is 40.5 Å². The van der Waals surface area contributed by atoms with Gasteiger partial charge in [-0.25, -0.2) is 0 Å². The number of benzene rings is 2. The highest BCUT2D eigenvalue weighted by Crippen LogP contribution is 2.13. The molecule has 0 saturated carbocycles. The molecule has 2 N–H and O–H groups in total. The van der Waals surface area contributed by atoms with Crippen LogP contribution < -0.4 is 0 Å². The number of phenolic OH excluding ortho intramolecular Hbond substituents is 2. The van der Waals surface area contributed by atoms with Crippen LogP contribution in [0.3, 0.4) is 0 Å². The van der Waals surface area contributed by atoms with Gasteiger partial charge in [0.15, 0.2) is 0 Å². The highest BCUT2D eigenvalue weighted by molar-refractivity contribution is 5.58. The Kier molecular flexibility index (Phi) is 3.82. The van der Waals surface area contributed by atoms with E-state index in [2.05, 4.69) is 0 Å². The van der Waals surface area contributed by atoms with Gasteiger partial charge in [-0.3, -0.25) is 0 Å². The molecule has 0 spiro atoms. The number of hydrogen-bond donors (Lipinski definition) is 2. The summed E-state index contributed by atoms with van der Waals surface area (Å²) in [6.07, 6.45) is 7.67. The summed E-state index contributed by atoms with van der Waals surface area (Å²) in [5, 5.41) is 18.4. The van der Waals surface area contributed by atoms with Crippen molar-refractivity contribution in [3.8, 4) is 11.5 Å². The second-order valence-electron chi connectivity index (χ2n) is 3.90. The van der Waals surface area contributed by atoms with Crippen molar-refractivity contribution in [2.24, 2.45) is 0 Å². The molecule has 0 radical (unpaired) electrons. The van der Waals surface area contributed by atoms with Gasteiger partial charge in [-0.05, 0) is 35.4 Å². The zero-order valence-corrected chi connectivity index (χ0v) is 9.82. The molecule has 0 aromatic heterocycles. The predicted octanol–water partition coefficient (Wildman–Crippen LogP) is 3.82. The molecule has 2 nitrogen and oxygen atoms in total. The number of allylic oxidation sites excluding steroid dienone is 2. The molecule has 0 saturated heterocycles. The van der Waals surface area contributed by atoms with Crippen LogP contribution in [0.15, 0.2) is 60.7 Å². The van der Waals surface area contributed by atoms with Crippen LogP contribution in [0, 0.1) is 0 Å². The van der Waals surface area contributed by atoms with Crippen LogP contribution >= 0.6 is 0 Å². The summed E-state index contributed by atoms with van der Waals surface area (Å²) in [4.78, 5) is 0. The van der Waals surface area contributed by atoms with Gasteiger partial charge in [-0.2, -0.15) is 0 Å². The maximum absolute atomic E-state index is 9.30. The van der Waals surface area contributed by atoms with Crippen LogP contribution in [-0.4, -0.2) is 10.2 Å². The Balaban J connectivity index is 2.01. The molecule has 2 rings (SSSR count). The van der Waals surface area contributed by atoms with Crippen LogP contribution in [0.25, 0.3) is 12.2 Å². The molecule has 0 heterocycles. The minimum Gasteiger partial charge on any atom is -0.508 e. The average molecular weight is 238 g/mol. The first-order chi connectivity index (χ1) is 8.74. The minimum absolute atomic E-state index is 0.264. The van der Waals surface area contributed by atoms with Crippen LogP contribution in [0.5, 0.6) is 11.5 Å². The van der Waals surface area contributed by atoms with Gasteiger partial charge in [0, 0.05) is 0 Å². The number of aromatic hydroxyl groups is 2. The molecule has 0 aliphatic carbocycles. The van der Waals surface area contributed by atoms with E-state index in [4.69, 9.17) is 5.11 Å². The molecular formula is C16H14O2. The molecule has 2 aromatic carbocycles. The van der Waals surface area contributed by atoms with Crippen LogP contribution in [0.2, 0.25) is 0 Å². The van der Waals surface area contributed by atoms with Gasteiger partial charge >= 0.3 is 0 Å². The fourth-order valence-electron chi connectivity index (χ4n) is 1.55. The standard InChI is InChI=1S/C16H14O2/c17-15-10-8-13(9-11-15)4-1-2-5-14-6-3-7-16(18)12-14/h1-12,17-18H. The maximum Gasteiger partial charge on any atom is 0.116 e. The summed E-state index contributed by atoms with van der Waals surface area (Å²) < 4.78 is 0. The van der Waals surface area contributed by atoms with E-state index in [-0.39, 0.29) is 11.5 Å². The Labute approximate surface area is 106 Å². The van der Waals surface area contributed by atoms with Gasteiger partial charge in [-0.1, -0.05) is 48.6 Å². The first-order valence-electron chi connectivity index (χ1n) is 5.67. The van der Waals surface area contributed by atoms with Gasteiger partial charge < -0.3 is 10.2 Å². The van der Waals surface area contributed by atoms with Crippen LogP contribution in [0.4, 0.5) is 0 Å². The van der Waals surface area contributed by atoms with Crippen molar-refractivity contribution in [3.05, 3.63) is 71.8 Å². The highest BCUT2D eigenvalue weighted by Gasteiger charge is 1.88. The molecule has 0 atom stereocenters. The second-order valence-corrected chi connectivity index (χ2v) is 3.90. The quantitative estimate of drug-likeness (QED) is 0.798. The first-order valence-corrected chi connectivity index (χ1v) is 5.67. The van der Waals surface area contributed by atoms with Gasteiger partial charge in [0.25, 0.3) is 0 Å². The van der Waals surface area contributed by atoms with E-state index in [0.717, 1.165) is 11.1 Å². The van der Waals surface area contributed by atoms with E-state index in [1.165, 1.54) is 0 Å². The van der Waals surface area contributed by atoms with Crippen molar-refractivity contribution in [1.29, 1.82) is 0 Å². The summed E-state index contributed by atoms with van der Waals surface area (Å²) in [6.45, 7) is 0. The second kappa shape index (κ2) is 5.73. The third-order valence-corrected chi connectivity index (χ3v) is 2.45. The summed E-state index contributed by atoms with van der Waals surface area (Å²) in [7, 11) is 0. The lowest BCUT2D eigenvalue weighted by atomic mass is 10.2. The lowest BCUT2D eigenvalue weighted by Gasteiger charge is -1.94. The lowest BCUT2D eigenvalue weighted by molar-refractivity contribution is 0.474. The molecule has 2 aromatic rings. The summed E-state index contributed by atoms with van der Waals surface area (Å²) >= 11 is 0. The van der Waals surface area contributed by atoms with E-state index >= 15 is 0 Å². The Morgan fingerprint density at radius 3 is 2.00 bits per heavy atom. The van der Waals surface area contributed by atoms with Gasteiger partial charge in [0.05, 0.1) is 0 Å². The third-order valence-electron chi connectivity index (χ3n) is 2.45. The smallest absolute Gasteiger partial charge is 0.116 e. The van der Waals surface area contributed by atoms with Crippen molar-refractivity contribution in [2.45, 2.75) is 0 Å². The minimum atomic E-state index is 0.264. The van der Waals surface area contributed by atoms with E-state index < -0.39 is 0 Å².